The topological polar surface area (TPSA) is 75.9 Å². The molecule has 0 saturated heterocycles. The number of anilines is 1. The lowest BCUT2D eigenvalue weighted by atomic mass is 10.1. The van der Waals surface area contributed by atoms with Gasteiger partial charge in [0, 0.05) is 5.69 Å². The van der Waals surface area contributed by atoms with Crippen LogP contribution in [0, 0.1) is 13.8 Å². The molecule has 0 radical (unpaired) electrons. The lowest BCUT2D eigenvalue weighted by Gasteiger charge is -2.17. The molecule has 1 unspecified atom stereocenters. The fourth-order valence-corrected chi connectivity index (χ4v) is 2.66. The van der Waals surface area contributed by atoms with Crippen molar-refractivity contribution in [2.75, 3.05) is 11.9 Å². The van der Waals surface area contributed by atoms with Crippen LogP contribution in [-0.2, 0) is 6.42 Å². The van der Waals surface area contributed by atoms with Crippen molar-refractivity contribution >= 4 is 5.82 Å². The molecular weight excluding hydrogens is 302 g/mol. The molecule has 0 bridgehead atoms. The van der Waals surface area contributed by atoms with Gasteiger partial charge in [0.1, 0.15) is 5.82 Å². The van der Waals surface area contributed by atoms with E-state index in [0.29, 0.717) is 18.1 Å². The summed E-state index contributed by atoms with van der Waals surface area (Å²) >= 11 is 0. The van der Waals surface area contributed by atoms with Crippen molar-refractivity contribution < 1.29 is 5.11 Å². The summed E-state index contributed by atoms with van der Waals surface area (Å²) in [6.45, 7) is 3.94. The molecule has 0 amide bonds. The second-order valence-electron chi connectivity index (χ2n) is 5.81. The van der Waals surface area contributed by atoms with E-state index in [0.717, 1.165) is 17.0 Å². The lowest BCUT2D eigenvalue weighted by molar-refractivity contribution is 0.273. The second-order valence-corrected chi connectivity index (χ2v) is 5.81. The third-order valence-electron chi connectivity index (χ3n) is 3.75. The summed E-state index contributed by atoms with van der Waals surface area (Å²) < 4.78 is 1.76. The van der Waals surface area contributed by atoms with Gasteiger partial charge in [-0.25, -0.2) is 9.67 Å². The number of hydrogen-bond acceptors (Lipinski definition) is 5. The normalized spacial score (nSPS) is 12.1. The maximum absolute atomic E-state index is 9.65. The fraction of sp³-hybridized carbons (Fsp3) is 0.278. The van der Waals surface area contributed by atoms with Crippen molar-refractivity contribution in [1.29, 1.82) is 0 Å². The standard InChI is InChI=1S/C18H21N5O/c1-13-8-14(2)23(22-13)18-11-19-10-17(21-18)20-16(12-24)9-15-6-4-3-5-7-15/h3-8,10-11,16,24H,9,12H2,1-2H3,(H,20,21). The molecule has 0 aliphatic heterocycles. The number of nitrogens with one attached hydrogen (secondary N) is 1. The average Bonchev–Trinajstić information content (AvgIpc) is 2.94. The second kappa shape index (κ2) is 7.23. The molecule has 124 valence electrons. The summed E-state index contributed by atoms with van der Waals surface area (Å²) in [7, 11) is 0. The molecule has 0 saturated carbocycles. The van der Waals surface area contributed by atoms with E-state index in [-0.39, 0.29) is 12.6 Å². The van der Waals surface area contributed by atoms with Crippen molar-refractivity contribution in [3.05, 3.63) is 65.7 Å². The third-order valence-corrected chi connectivity index (χ3v) is 3.75. The van der Waals surface area contributed by atoms with Crippen LogP contribution in [-0.4, -0.2) is 37.5 Å². The SMILES string of the molecule is Cc1cc(C)n(-c2cncc(NC(CO)Cc3ccccc3)n2)n1. The molecule has 0 aliphatic carbocycles. The average molecular weight is 323 g/mol. The van der Waals surface area contributed by atoms with Crippen LogP contribution in [0.5, 0.6) is 0 Å². The molecule has 1 atom stereocenters. The maximum atomic E-state index is 9.65. The predicted octanol–water partition coefficient (Wildman–Crippen LogP) is 2.29. The van der Waals surface area contributed by atoms with Crippen LogP contribution < -0.4 is 5.32 Å². The van der Waals surface area contributed by atoms with E-state index in [4.69, 9.17) is 0 Å². The Kier molecular flexibility index (Phi) is 4.86. The Balaban J connectivity index is 1.77. The van der Waals surface area contributed by atoms with Crippen LogP contribution in [0.1, 0.15) is 17.0 Å². The monoisotopic (exact) mass is 323 g/mol. The smallest absolute Gasteiger partial charge is 0.174 e. The van der Waals surface area contributed by atoms with Crippen molar-refractivity contribution in [3.63, 3.8) is 0 Å². The highest BCUT2D eigenvalue weighted by atomic mass is 16.3. The highest BCUT2D eigenvalue weighted by Crippen LogP contribution is 2.13. The van der Waals surface area contributed by atoms with Crippen LogP contribution in [0.25, 0.3) is 5.82 Å². The fourth-order valence-electron chi connectivity index (χ4n) is 2.66. The molecule has 0 fully saturated rings. The summed E-state index contributed by atoms with van der Waals surface area (Å²) in [5, 5.41) is 17.3. The van der Waals surface area contributed by atoms with Gasteiger partial charge in [0.25, 0.3) is 0 Å². The van der Waals surface area contributed by atoms with E-state index >= 15 is 0 Å². The van der Waals surface area contributed by atoms with Crippen molar-refractivity contribution in [3.8, 4) is 5.82 Å². The zero-order valence-electron chi connectivity index (χ0n) is 13.8. The first-order valence-corrected chi connectivity index (χ1v) is 7.92. The summed E-state index contributed by atoms with van der Waals surface area (Å²) in [5.74, 6) is 1.28. The molecular formula is C18H21N5O. The minimum absolute atomic E-state index is 0.0146. The van der Waals surface area contributed by atoms with Gasteiger partial charge in [0.2, 0.25) is 0 Å². The van der Waals surface area contributed by atoms with Gasteiger partial charge >= 0.3 is 0 Å². The molecule has 2 aromatic heterocycles. The van der Waals surface area contributed by atoms with Gasteiger partial charge in [0.05, 0.1) is 30.7 Å². The first kappa shape index (κ1) is 16.1. The zero-order chi connectivity index (χ0) is 16.9. The quantitative estimate of drug-likeness (QED) is 0.728. The van der Waals surface area contributed by atoms with Gasteiger partial charge < -0.3 is 10.4 Å². The van der Waals surface area contributed by atoms with Crippen molar-refractivity contribution in [2.45, 2.75) is 26.3 Å². The lowest BCUT2D eigenvalue weighted by Crippen LogP contribution is -2.27. The van der Waals surface area contributed by atoms with E-state index in [9.17, 15) is 5.11 Å². The predicted molar refractivity (Wildman–Crippen MR) is 93.3 cm³/mol. The van der Waals surface area contributed by atoms with Gasteiger partial charge in [-0.05, 0) is 31.9 Å². The highest BCUT2D eigenvalue weighted by Gasteiger charge is 2.11. The van der Waals surface area contributed by atoms with Gasteiger partial charge in [-0.1, -0.05) is 30.3 Å². The number of aliphatic hydroxyl groups is 1. The van der Waals surface area contributed by atoms with Gasteiger partial charge in [-0.15, -0.1) is 0 Å². The maximum Gasteiger partial charge on any atom is 0.174 e. The molecule has 24 heavy (non-hydrogen) atoms. The van der Waals surface area contributed by atoms with Gasteiger partial charge in [-0.2, -0.15) is 5.10 Å². The van der Waals surface area contributed by atoms with Crippen LogP contribution >= 0.6 is 0 Å². The molecule has 6 heteroatoms. The number of nitrogens with zero attached hydrogens (tertiary/aromatic N) is 4. The Morgan fingerprint density at radius 2 is 1.96 bits per heavy atom. The van der Waals surface area contributed by atoms with Crippen LogP contribution in [0.2, 0.25) is 0 Å². The molecule has 0 aliphatic rings. The Morgan fingerprint density at radius 1 is 1.17 bits per heavy atom. The Bertz CT molecular complexity index is 800. The molecule has 0 spiro atoms. The van der Waals surface area contributed by atoms with Crippen molar-refractivity contribution in [1.82, 2.24) is 19.7 Å². The van der Waals surface area contributed by atoms with Crippen LogP contribution in [0.15, 0.2) is 48.8 Å². The number of aliphatic hydroxyl groups excluding tert-OH is 1. The zero-order valence-corrected chi connectivity index (χ0v) is 13.8. The third kappa shape index (κ3) is 3.78. The molecule has 3 aromatic rings. The Morgan fingerprint density at radius 3 is 2.62 bits per heavy atom. The summed E-state index contributed by atoms with van der Waals surface area (Å²) in [4.78, 5) is 8.80. The largest absolute Gasteiger partial charge is 0.394 e. The van der Waals surface area contributed by atoms with Crippen LogP contribution in [0.3, 0.4) is 0 Å². The van der Waals surface area contributed by atoms with E-state index < -0.39 is 0 Å². The number of rotatable bonds is 6. The molecule has 2 heterocycles. The highest BCUT2D eigenvalue weighted by molar-refractivity contribution is 5.38. The number of aromatic nitrogens is 4. The molecule has 1 aromatic carbocycles. The summed E-state index contributed by atoms with van der Waals surface area (Å²) in [6.07, 6.45) is 4.04. The Labute approximate surface area is 141 Å². The minimum Gasteiger partial charge on any atom is -0.394 e. The first-order chi connectivity index (χ1) is 11.7. The van der Waals surface area contributed by atoms with E-state index in [1.165, 1.54) is 0 Å². The van der Waals surface area contributed by atoms with Crippen LogP contribution in [0.4, 0.5) is 5.82 Å². The van der Waals surface area contributed by atoms with E-state index in [2.05, 4.69) is 20.4 Å². The molecule has 3 rings (SSSR count). The number of benzene rings is 1. The number of aryl methyl sites for hydroxylation is 2. The van der Waals surface area contributed by atoms with Gasteiger partial charge in [-0.3, -0.25) is 4.98 Å². The molecule has 6 nitrogen and oxygen atoms in total. The summed E-state index contributed by atoms with van der Waals surface area (Å²) in [5.41, 5.74) is 3.10. The Hall–Kier alpha value is -2.73. The van der Waals surface area contributed by atoms with Gasteiger partial charge in [0.15, 0.2) is 5.82 Å². The number of hydrogen-bond donors (Lipinski definition) is 2. The molecule has 2 N–H and O–H groups in total. The van der Waals surface area contributed by atoms with E-state index in [1.54, 1.807) is 17.1 Å². The summed E-state index contributed by atoms with van der Waals surface area (Å²) in [6, 6.07) is 11.9. The van der Waals surface area contributed by atoms with E-state index in [1.807, 2.05) is 50.2 Å². The van der Waals surface area contributed by atoms with Crippen molar-refractivity contribution in [2.24, 2.45) is 0 Å². The first-order valence-electron chi connectivity index (χ1n) is 7.92. The minimum atomic E-state index is -0.127.